The maximum Gasteiger partial charge on any atom is 0.197 e. The molecular weight excluding hydrogens is 372 g/mol. The van der Waals surface area contributed by atoms with Crippen LogP contribution in [0.25, 0.3) is 38.8 Å². The highest BCUT2D eigenvalue weighted by Gasteiger charge is 2.15. The Hall–Kier alpha value is -3.14. The lowest BCUT2D eigenvalue weighted by Crippen LogP contribution is -2.16. The van der Waals surface area contributed by atoms with Crippen LogP contribution >= 0.6 is 0 Å². The molecule has 0 aliphatic heterocycles. The molecule has 156 valence electrons. The lowest BCUT2D eigenvalue weighted by Gasteiger charge is -2.16. The zero-order chi connectivity index (χ0) is 22.2. The van der Waals surface area contributed by atoms with E-state index in [1.54, 1.807) is 0 Å². The summed E-state index contributed by atoms with van der Waals surface area (Å²) in [7, 11) is 3.86. The molecule has 0 amide bonds. The Balaban J connectivity index is 0.000000589. The fraction of sp³-hybridized carbons (Fsp3) is 0.308. The van der Waals surface area contributed by atoms with Gasteiger partial charge < -0.3 is 9.13 Å². The van der Waals surface area contributed by atoms with Gasteiger partial charge in [0.25, 0.3) is 0 Å². The Morgan fingerprint density at radius 3 is 1.93 bits per heavy atom. The Bertz CT molecular complexity index is 1400. The Labute approximate surface area is 177 Å². The van der Waals surface area contributed by atoms with Gasteiger partial charge in [0.05, 0.1) is 16.6 Å². The van der Waals surface area contributed by atoms with Gasteiger partial charge in [0, 0.05) is 41.5 Å². The van der Waals surface area contributed by atoms with E-state index in [1.165, 1.54) is 0 Å². The summed E-state index contributed by atoms with van der Waals surface area (Å²) in [5.41, 5.74) is 3.99. The summed E-state index contributed by atoms with van der Waals surface area (Å²) in [6.45, 7) is 10.3. The third kappa shape index (κ3) is 3.58. The third-order valence-corrected chi connectivity index (χ3v) is 5.25. The maximum absolute atomic E-state index is 13.0. The summed E-state index contributed by atoms with van der Waals surface area (Å²) in [5, 5.41) is 1.95. The van der Waals surface area contributed by atoms with Crippen LogP contribution in [-0.2, 0) is 14.1 Å². The average Bonchev–Trinajstić information content (AvgIpc) is 2.72. The summed E-state index contributed by atoms with van der Waals surface area (Å²) < 4.78 is 3.97. The maximum atomic E-state index is 13.0. The molecule has 0 atom stereocenters. The highest BCUT2D eigenvalue weighted by molar-refractivity contribution is 6.00. The third-order valence-electron chi connectivity index (χ3n) is 5.25. The van der Waals surface area contributed by atoms with Crippen LogP contribution in [0.5, 0.6) is 0 Å². The molecule has 0 N–H and O–H groups in total. The Morgan fingerprint density at radius 2 is 1.33 bits per heavy atom. The van der Waals surface area contributed by atoms with Crippen LogP contribution in [0, 0.1) is 12.8 Å². The van der Waals surface area contributed by atoms with E-state index in [0.717, 1.165) is 28.2 Å². The molecule has 4 rings (SSSR count). The monoisotopic (exact) mass is 402 g/mol. The number of nitrogens with zero attached hydrogens (tertiary/aromatic N) is 2. The number of fused-ring (bicyclic) bond motifs is 3. The van der Waals surface area contributed by atoms with Gasteiger partial charge in [0.15, 0.2) is 10.9 Å². The van der Waals surface area contributed by atoms with Crippen molar-refractivity contribution < 1.29 is 0 Å². The number of aryl methyl sites for hydroxylation is 2. The summed E-state index contributed by atoms with van der Waals surface area (Å²) in [6, 6.07) is 11.3. The molecule has 30 heavy (non-hydrogen) atoms. The van der Waals surface area contributed by atoms with Crippen LogP contribution in [-0.4, -0.2) is 9.13 Å². The van der Waals surface area contributed by atoms with Crippen molar-refractivity contribution in [2.75, 3.05) is 0 Å². The number of rotatable bonds is 1. The summed E-state index contributed by atoms with van der Waals surface area (Å²) in [6.07, 6.45) is 3.85. The van der Waals surface area contributed by atoms with Gasteiger partial charge in [-0.25, -0.2) is 0 Å². The SMILES string of the molecule is C/C=C\c1c(C)c(=O)c2cc3c(cc2n1C)c(=O)c1ccccc1n3C.CC(C)C. The van der Waals surface area contributed by atoms with Gasteiger partial charge in [-0.2, -0.15) is 0 Å². The van der Waals surface area contributed by atoms with Gasteiger partial charge in [0.2, 0.25) is 0 Å². The van der Waals surface area contributed by atoms with Crippen LogP contribution in [0.2, 0.25) is 0 Å². The highest BCUT2D eigenvalue weighted by atomic mass is 16.1. The van der Waals surface area contributed by atoms with Crippen molar-refractivity contribution in [1.29, 1.82) is 0 Å². The van der Waals surface area contributed by atoms with Crippen molar-refractivity contribution in [3.63, 3.8) is 0 Å². The van der Waals surface area contributed by atoms with E-state index in [0.29, 0.717) is 21.7 Å². The first-order valence-electron chi connectivity index (χ1n) is 10.4. The molecule has 2 aromatic carbocycles. The Morgan fingerprint density at radius 1 is 0.800 bits per heavy atom. The number of pyridine rings is 2. The first kappa shape index (κ1) is 21.6. The topological polar surface area (TPSA) is 44.0 Å². The average molecular weight is 403 g/mol. The van der Waals surface area contributed by atoms with Crippen molar-refractivity contribution >= 4 is 38.8 Å². The van der Waals surface area contributed by atoms with E-state index >= 15 is 0 Å². The smallest absolute Gasteiger partial charge is 0.197 e. The zero-order valence-corrected chi connectivity index (χ0v) is 18.9. The van der Waals surface area contributed by atoms with E-state index in [1.807, 2.05) is 85.6 Å². The Kier molecular flexibility index (Phi) is 5.97. The van der Waals surface area contributed by atoms with Crippen molar-refractivity contribution in [1.82, 2.24) is 9.13 Å². The minimum atomic E-state index is -0.00351. The molecule has 0 aliphatic rings. The molecule has 0 saturated carbocycles. The second kappa shape index (κ2) is 8.31. The van der Waals surface area contributed by atoms with Crippen LogP contribution < -0.4 is 10.9 Å². The van der Waals surface area contributed by atoms with Crippen molar-refractivity contribution in [2.24, 2.45) is 20.0 Å². The number of hydrogen-bond donors (Lipinski definition) is 0. The van der Waals surface area contributed by atoms with Gasteiger partial charge in [-0.05, 0) is 50.1 Å². The molecule has 0 bridgehead atoms. The predicted molar refractivity (Wildman–Crippen MR) is 129 cm³/mol. The lowest BCUT2D eigenvalue weighted by molar-refractivity contribution is 0.737. The first-order valence-corrected chi connectivity index (χ1v) is 10.4. The van der Waals surface area contributed by atoms with Crippen LogP contribution in [0.1, 0.15) is 39.0 Å². The van der Waals surface area contributed by atoms with E-state index in [-0.39, 0.29) is 10.9 Å². The molecule has 0 unspecified atom stereocenters. The van der Waals surface area contributed by atoms with Gasteiger partial charge in [-0.3, -0.25) is 9.59 Å². The van der Waals surface area contributed by atoms with E-state index < -0.39 is 0 Å². The molecule has 0 spiro atoms. The minimum absolute atomic E-state index is 0.00351. The first-order chi connectivity index (χ1) is 14.2. The fourth-order valence-corrected chi connectivity index (χ4v) is 3.82. The number of hydrogen-bond acceptors (Lipinski definition) is 2. The van der Waals surface area contributed by atoms with Crippen LogP contribution in [0.3, 0.4) is 0 Å². The van der Waals surface area contributed by atoms with E-state index in [2.05, 4.69) is 20.8 Å². The van der Waals surface area contributed by atoms with Gasteiger partial charge in [-0.1, -0.05) is 39.0 Å². The molecule has 0 aliphatic carbocycles. The predicted octanol–water partition coefficient (Wildman–Crippen LogP) is 5.55. The van der Waals surface area contributed by atoms with Crippen LogP contribution in [0.4, 0.5) is 0 Å². The number of aromatic nitrogens is 2. The fourth-order valence-electron chi connectivity index (χ4n) is 3.82. The van der Waals surface area contributed by atoms with Gasteiger partial charge in [-0.15, -0.1) is 0 Å². The molecule has 4 nitrogen and oxygen atoms in total. The van der Waals surface area contributed by atoms with E-state index in [9.17, 15) is 9.59 Å². The summed E-state index contributed by atoms with van der Waals surface area (Å²) in [4.78, 5) is 26.0. The standard InChI is InChI=1S/C22H20N2O2.C4H10/c1-5-8-17-13(2)21(25)15-11-20-16(12-19(15)23(17)3)22(26)14-9-6-7-10-18(14)24(20)4;1-4(2)3/h5-12H,1-4H3;4H,1-3H3/b8-5-;. The second-order valence-corrected chi connectivity index (χ2v) is 8.42. The minimum Gasteiger partial charge on any atom is -0.344 e. The summed E-state index contributed by atoms with van der Waals surface area (Å²) in [5.74, 6) is 0.833. The van der Waals surface area contributed by atoms with Gasteiger partial charge >= 0.3 is 0 Å². The number of benzene rings is 2. The zero-order valence-electron chi connectivity index (χ0n) is 18.9. The lowest BCUT2D eigenvalue weighted by atomic mass is 10.0. The normalized spacial score (nSPS) is 11.6. The number of allylic oxidation sites excluding steroid dienone is 1. The molecule has 4 heteroatoms. The van der Waals surface area contributed by atoms with Crippen molar-refractivity contribution in [3.05, 3.63) is 74.2 Å². The van der Waals surface area contributed by atoms with E-state index in [4.69, 9.17) is 0 Å². The quantitative estimate of drug-likeness (QED) is 0.392. The molecular formula is C26H30N2O2. The second-order valence-electron chi connectivity index (χ2n) is 8.42. The molecule has 4 aromatic rings. The van der Waals surface area contributed by atoms with Crippen molar-refractivity contribution in [3.8, 4) is 0 Å². The molecule has 0 fully saturated rings. The molecule has 0 radical (unpaired) electrons. The molecule has 2 aromatic heterocycles. The van der Waals surface area contributed by atoms with Crippen LogP contribution in [0.15, 0.2) is 52.1 Å². The van der Waals surface area contributed by atoms with Gasteiger partial charge in [0.1, 0.15) is 0 Å². The summed E-state index contributed by atoms with van der Waals surface area (Å²) >= 11 is 0. The van der Waals surface area contributed by atoms with Crippen molar-refractivity contribution in [2.45, 2.75) is 34.6 Å². The molecule has 2 heterocycles. The number of para-hydroxylation sites is 1. The largest absolute Gasteiger partial charge is 0.344 e. The molecule has 0 saturated heterocycles. The highest BCUT2D eigenvalue weighted by Crippen LogP contribution is 2.24.